The number of carbonyl (C=O) groups is 1. The number of halogens is 1. The van der Waals surface area contributed by atoms with E-state index in [1.807, 2.05) is 33.8 Å². The van der Waals surface area contributed by atoms with E-state index in [1.54, 1.807) is 4.90 Å². The molecule has 0 bridgehead atoms. The van der Waals surface area contributed by atoms with Gasteiger partial charge in [0.05, 0.1) is 33.2 Å². The van der Waals surface area contributed by atoms with Crippen molar-refractivity contribution in [3.8, 4) is 6.07 Å². The van der Waals surface area contributed by atoms with Crippen LogP contribution in [0.2, 0.25) is 5.02 Å². The molecule has 0 saturated heterocycles. The Morgan fingerprint density at radius 2 is 2.09 bits per heavy atom. The Balaban J connectivity index is 2.04. The number of ketones is 1. The summed E-state index contributed by atoms with van der Waals surface area (Å²) < 4.78 is 5.91. The van der Waals surface area contributed by atoms with Crippen molar-refractivity contribution in [2.75, 3.05) is 10.7 Å². The first kappa shape index (κ1) is 24.9. The molecule has 0 spiro atoms. The van der Waals surface area contributed by atoms with Crippen LogP contribution in [0.3, 0.4) is 0 Å². The molecule has 1 aliphatic carbocycles. The Morgan fingerprint density at radius 1 is 1.37 bits per heavy atom. The van der Waals surface area contributed by atoms with Crippen molar-refractivity contribution < 1.29 is 14.1 Å². The van der Waals surface area contributed by atoms with Gasteiger partial charge in [0, 0.05) is 35.4 Å². The van der Waals surface area contributed by atoms with E-state index in [0.29, 0.717) is 35.0 Å². The first-order valence-corrected chi connectivity index (χ1v) is 12.5. The Labute approximate surface area is 212 Å². The fraction of sp³-hybridized carbons (Fsp3) is 0.360. The van der Waals surface area contributed by atoms with Crippen LogP contribution < -0.4 is 10.6 Å². The first-order chi connectivity index (χ1) is 16.5. The van der Waals surface area contributed by atoms with E-state index in [4.69, 9.17) is 21.8 Å². The van der Waals surface area contributed by atoms with Crippen molar-refractivity contribution in [3.63, 3.8) is 0 Å². The number of benzene rings is 1. The van der Waals surface area contributed by atoms with E-state index >= 15 is 0 Å². The highest BCUT2D eigenvalue weighted by molar-refractivity contribution is 7.99. The minimum atomic E-state index is -0.696. The maximum absolute atomic E-state index is 13.7. The van der Waals surface area contributed by atoms with Crippen LogP contribution in [-0.2, 0) is 4.79 Å². The Hall–Kier alpha value is -3.22. The Kier molecular flexibility index (Phi) is 6.47. The average molecular weight is 513 g/mol. The number of nitrogens with zero attached hydrogens (tertiary/aromatic N) is 3. The normalized spacial score (nSPS) is 19.6. The number of hydrogen-bond acceptors (Lipinski definition) is 8. The van der Waals surface area contributed by atoms with E-state index in [0.717, 1.165) is 11.3 Å². The molecule has 182 valence electrons. The van der Waals surface area contributed by atoms with Gasteiger partial charge in [0.2, 0.25) is 0 Å². The number of nitro benzene ring substituents is 1. The van der Waals surface area contributed by atoms with Gasteiger partial charge in [-0.05, 0) is 36.6 Å². The van der Waals surface area contributed by atoms with Crippen LogP contribution in [0.25, 0.3) is 0 Å². The van der Waals surface area contributed by atoms with Crippen LogP contribution >= 0.6 is 23.4 Å². The number of nitriles is 1. The molecule has 1 aromatic carbocycles. The zero-order valence-electron chi connectivity index (χ0n) is 19.8. The lowest BCUT2D eigenvalue weighted by Gasteiger charge is -2.43. The Bertz CT molecular complexity index is 1350. The third-order valence-electron chi connectivity index (χ3n) is 6.20. The van der Waals surface area contributed by atoms with Crippen LogP contribution in [0, 0.1) is 33.8 Å². The summed E-state index contributed by atoms with van der Waals surface area (Å²) >= 11 is 7.99. The smallest absolute Gasteiger partial charge is 0.271 e. The summed E-state index contributed by atoms with van der Waals surface area (Å²) in [6, 6.07) is 8.11. The topological polar surface area (TPSA) is 126 Å². The van der Waals surface area contributed by atoms with Gasteiger partial charge in [-0.1, -0.05) is 44.1 Å². The second-order valence-corrected chi connectivity index (χ2v) is 11.1. The van der Waals surface area contributed by atoms with Gasteiger partial charge >= 0.3 is 0 Å². The second-order valence-electron chi connectivity index (χ2n) is 9.41. The molecule has 0 fully saturated rings. The minimum Gasteiger partial charge on any atom is -0.455 e. The number of aryl methyl sites for hydroxylation is 1. The third kappa shape index (κ3) is 4.32. The van der Waals surface area contributed by atoms with Crippen molar-refractivity contribution in [3.05, 3.63) is 73.4 Å². The molecular weight excluding hydrogens is 488 g/mol. The number of nitrogens with two attached hydrogens (primary N) is 1. The van der Waals surface area contributed by atoms with Crippen LogP contribution in [0.5, 0.6) is 0 Å². The summed E-state index contributed by atoms with van der Waals surface area (Å²) in [4.78, 5) is 26.2. The van der Waals surface area contributed by atoms with Crippen molar-refractivity contribution >= 4 is 40.5 Å². The summed E-state index contributed by atoms with van der Waals surface area (Å²) in [5.41, 5.74) is 8.29. The number of carbonyl (C=O) groups excluding carboxylic acids is 1. The Morgan fingerprint density at radius 3 is 2.71 bits per heavy atom. The highest BCUT2D eigenvalue weighted by Gasteiger charge is 2.46. The number of allylic oxidation sites excluding steroid dienone is 3. The van der Waals surface area contributed by atoms with Gasteiger partial charge in [-0.15, -0.1) is 0 Å². The van der Waals surface area contributed by atoms with Gasteiger partial charge < -0.3 is 10.2 Å². The van der Waals surface area contributed by atoms with E-state index in [1.165, 1.54) is 30.0 Å². The van der Waals surface area contributed by atoms with E-state index in [9.17, 15) is 20.2 Å². The number of hydrogen-bond donors (Lipinski definition) is 1. The minimum absolute atomic E-state index is 0.0930. The molecule has 0 radical (unpaired) electrons. The fourth-order valence-electron chi connectivity index (χ4n) is 4.84. The highest BCUT2D eigenvalue weighted by Crippen LogP contribution is 2.52. The summed E-state index contributed by atoms with van der Waals surface area (Å²) in [6.45, 7) is 7.78. The summed E-state index contributed by atoms with van der Waals surface area (Å²) in [7, 11) is 0. The lowest BCUT2D eigenvalue weighted by molar-refractivity contribution is -0.384. The maximum atomic E-state index is 13.7. The molecule has 2 N–H and O–H groups in total. The lowest BCUT2D eigenvalue weighted by atomic mass is 9.69. The molecule has 1 aliphatic heterocycles. The van der Waals surface area contributed by atoms with E-state index in [-0.39, 0.29) is 39.0 Å². The third-order valence-corrected chi connectivity index (χ3v) is 7.39. The van der Waals surface area contributed by atoms with Crippen molar-refractivity contribution in [1.29, 1.82) is 5.26 Å². The highest BCUT2D eigenvalue weighted by atomic mass is 35.5. The summed E-state index contributed by atoms with van der Waals surface area (Å²) in [5.74, 6) is 0.714. The number of Topliss-reactive ketones (excluding diaryl/α,β-unsaturated/α-hetero) is 1. The van der Waals surface area contributed by atoms with E-state index < -0.39 is 10.8 Å². The van der Waals surface area contributed by atoms with Gasteiger partial charge in [-0.2, -0.15) is 5.26 Å². The van der Waals surface area contributed by atoms with Gasteiger partial charge in [0.25, 0.3) is 5.69 Å². The molecule has 0 saturated carbocycles. The SMILES string of the molecule is CCSc1oc(C)cc1C1C(C#N)=C(N)N(c2cc([N+](=O)[O-])ccc2Cl)C2=C1C(=O)CC(C)(C)C2. The fourth-order valence-corrected chi connectivity index (χ4v) is 5.84. The molecule has 0 amide bonds. The van der Waals surface area contributed by atoms with Gasteiger partial charge in [-0.3, -0.25) is 19.8 Å². The maximum Gasteiger partial charge on any atom is 0.271 e. The summed E-state index contributed by atoms with van der Waals surface area (Å²) in [5, 5.41) is 22.6. The van der Waals surface area contributed by atoms with Crippen LogP contribution in [-0.4, -0.2) is 16.5 Å². The molecule has 8 nitrogen and oxygen atoms in total. The lowest BCUT2D eigenvalue weighted by Crippen LogP contribution is -2.42. The molecule has 2 heterocycles. The molecule has 1 aromatic heterocycles. The van der Waals surface area contributed by atoms with Crippen molar-refractivity contribution in [1.82, 2.24) is 0 Å². The standard InChI is InChI=1S/C25H25ClN4O4S/c1-5-35-24-15(8-13(2)34-24)21-16(12-27)23(28)29(18-9-14(30(32)33)6-7-17(18)26)19-10-25(3,4)11-20(31)22(19)21/h6-9,21H,5,10-11,28H2,1-4H3. The molecular formula is C25H25ClN4O4S. The van der Waals surface area contributed by atoms with Crippen LogP contribution in [0.1, 0.15) is 50.9 Å². The van der Waals surface area contributed by atoms with E-state index in [2.05, 4.69) is 6.07 Å². The molecule has 1 atom stereocenters. The van der Waals surface area contributed by atoms with Crippen LogP contribution in [0.15, 0.2) is 56.4 Å². The zero-order chi connectivity index (χ0) is 25.7. The van der Waals surface area contributed by atoms with Gasteiger partial charge in [0.15, 0.2) is 10.9 Å². The van der Waals surface area contributed by atoms with Gasteiger partial charge in [0.1, 0.15) is 11.6 Å². The molecule has 4 rings (SSSR count). The zero-order valence-corrected chi connectivity index (χ0v) is 21.4. The quantitative estimate of drug-likeness (QED) is 0.285. The first-order valence-electron chi connectivity index (χ1n) is 11.1. The monoisotopic (exact) mass is 512 g/mol. The molecule has 10 heteroatoms. The van der Waals surface area contributed by atoms with Gasteiger partial charge in [-0.25, -0.2) is 0 Å². The van der Waals surface area contributed by atoms with Crippen molar-refractivity contribution in [2.45, 2.75) is 51.5 Å². The molecule has 35 heavy (non-hydrogen) atoms. The molecule has 1 unspecified atom stereocenters. The number of rotatable bonds is 5. The predicted molar refractivity (Wildman–Crippen MR) is 135 cm³/mol. The number of anilines is 1. The molecule has 2 aliphatic rings. The molecule has 2 aromatic rings. The van der Waals surface area contributed by atoms with Crippen LogP contribution in [0.4, 0.5) is 11.4 Å². The predicted octanol–water partition coefficient (Wildman–Crippen LogP) is 6.20. The van der Waals surface area contributed by atoms with Crippen molar-refractivity contribution in [2.24, 2.45) is 11.1 Å². The largest absolute Gasteiger partial charge is 0.455 e. The number of thioether (sulfide) groups is 1. The number of non-ortho nitro benzene ring substituents is 1. The number of furan rings is 1. The average Bonchev–Trinajstić information content (AvgIpc) is 3.13. The number of nitro groups is 1. The summed E-state index contributed by atoms with van der Waals surface area (Å²) in [6.07, 6.45) is 0.765. The second kappa shape index (κ2) is 9.10.